The van der Waals surface area contributed by atoms with Gasteiger partial charge in [0.15, 0.2) is 0 Å². The predicted octanol–water partition coefficient (Wildman–Crippen LogP) is 10.6. The van der Waals surface area contributed by atoms with E-state index in [0.717, 1.165) is 11.6 Å². The standard InChI is InChI=1S/C49H33/c1-6-19-34(20-7-1)41-32-18-31-40-33-42-44(37-29-16-17-30-37)49(43(35-21-8-2-9-22-35)36-23-10-3-11-24-36)47(39-27-14-5-15-28-39)46(48(42)45(40)41)38-25-12-4-13-26-38/h1-29,31-32H,30H2. The zero-order valence-corrected chi connectivity index (χ0v) is 27.1. The maximum absolute atomic E-state index is 4.04. The van der Waals surface area contributed by atoms with Crippen LogP contribution >= 0.6 is 0 Å². The molecule has 9 rings (SSSR count). The number of allylic oxidation sites excluding steroid dienone is 4. The van der Waals surface area contributed by atoms with Gasteiger partial charge in [-0.1, -0.05) is 188 Å². The highest BCUT2D eigenvalue weighted by atomic mass is 14.3. The second-order valence-corrected chi connectivity index (χ2v) is 12.6. The summed E-state index contributed by atoms with van der Waals surface area (Å²) in [5.41, 5.74) is 14.7. The first-order valence-corrected chi connectivity index (χ1v) is 17.0. The van der Waals surface area contributed by atoms with Crippen molar-refractivity contribution in [1.82, 2.24) is 0 Å². The minimum Gasteiger partial charge on any atom is -0.0801 e. The lowest BCUT2D eigenvalue weighted by Gasteiger charge is -2.23. The van der Waals surface area contributed by atoms with Gasteiger partial charge in [-0.2, -0.15) is 0 Å². The van der Waals surface area contributed by atoms with E-state index in [1.165, 1.54) is 82.4 Å². The van der Waals surface area contributed by atoms with Crippen molar-refractivity contribution in [1.29, 1.82) is 0 Å². The topological polar surface area (TPSA) is 0 Å². The van der Waals surface area contributed by atoms with E-state index in [4.69, 9.17) is 0 Å². The molecule has 0 atom stereocenters. The third kappa shape index (κ3) is 5.01. The predicted molar refractivity (Wildman–Crippen MR) is 205 cm³/mol. The summed E-state index contributed by atoms with van der Waals surface area (Å²) in [5, 5.41) is 4.89. The van der Waals surface area contributed by atoms with Crippen LogP contribution in [0.5, 0.6) is 0 Å². The first kappa shape index (κ1) is 28.9. The Kier molecular flexibility index (Phi) is 7.33. The summed E-state index contributed by atoms with van der Waals surface area (Å²) in [6.07, 6.45) is 11.7. The molecule has 2 aliphatic carbocycles. The number of rotatable bonds is 6. The Bertz CT molecular complexity index is 2570. The normalized spacial score (nSPS) is 12.6. The Hall–Kier alpha value is -6.24. The van der Waals surface area contributed by atoms with E-state index in [0.29, 0.717) is 0 Å². The summed E-state index contributed by atoms with van der Waals surface area (Å²) in [4.78, 5) is 0. The van der Waals surface area contributed by atoms with Gasteiger partial charge in [-0.15, -0.1) is 0 Å². The van der Waals surface area contributed by atoms with Crippen LogP contribution in [0.4, 0.5) is 0 Å². The van der Waals surface area contributed by atoms with Crippen molar-refractivity contribution >= 4 is 17.2 Å². The summed E-state index contributed by atoms with van der Waals surface area (Å²) >= 11 is 0. The largest absolute Gasteiger partial charge is 0.0801 e. The van der Waals surface area contributed by atoms with Gasteiger partial charge in [0, 0.05) is 0 Å². The van der Waals surface area contributed by atoms with Gasteiger partial charge in [0.1, 0.15) is 0 Å². The van der Waals surface area contributed by atoms with Crippen LogP contribution in [0.1, 0.15) is 28.7 Å². The van der Waals surface area contributed by atoms with E-state index in [-0.39, 0.29) is 0 Å². The lowest BCUT2D eigenvalue weighted by Crippen LogP contribution is -2.21. The fourth-order valence-electron chi connectivity index (χ4n) is 7.70. The van der Waals surface area contributed by atoms with Gasteiger partial charge < -0.3 is 0 Å². The van der Waals surface area contributed by atoms with E-state index in [2.05, 4.69) is 194 Å². The highest BCUT2D eigenvalue weighted by Gasteiger charge is 2.27. The average molecular weight is 622 g/mol. The first-order chi connectivity index (χ1) is 24.4. The van der Waals surface area contributed by atoms with Gasteiger partial charge >= 0.3 is 0 Å². The Balaban J connectivity index is 1.65. The van der Waals surface area contributed by atoms with Crippen molar-refractivity contribution < 1.29 is 0 Å². The van der Waals surface area contributed by atoms with Crippen molar-refractivity contribution in [2.45, 2.75) is 6.42 Å². The van der Waals surface area contributed by atoms with Crippen LogP contribution in [0.3, 0.4) is 0 Å². The molecule has 0 bridgehead atoms. The van der Waals surface area contributed by atoms with Crippen LogP contribution in [0.25, 0.3) is 50.6 Å². The van der Waals surface area contributed by atoms with Crippen LogP contribution in [0, 0.1) is 10.4 Å². The molecular weight excluding hydrogens is 589 g/mol. The van der Waals surface area contributed by atoms with Gasteiger partial charge in [0.2, 0.25) is 0 Å². The second kappa shape index (κ2) is 12.4. The molecule has 0 amide bonds. The van der Waals surface area contributed by atoms with E-state index in [1.54, 1.807) is 0 Å². The highest BCUT2D eigenvalue weighted by Crippen LogP contribution is 2.40. The lowest BCUT2D eigenvalue weighted by atomic mass is 9.80. The Morgan fingerprint density at radius 2 is 0.980 bits per heavy atom. The van der Waals surface area contributed by atoms with Crippen molar-refractivity contribution in [3.05, 3.63) is 231 Å². The van der Waals surface area contributed by atoms with E-state index in [1.807, 2.05) is 0 Å². The summed E-state index contributed by atoms with van der Waals surface area (Å²) in [6, 6.07) is 61.4. The van der Waals surface area contributed by atoms with Crippen molar-refractivity contribution in [2.24, 2.45) is 0 Å². The van der Waals surface area contributed by atoms with Crippen LogP contribution < -0.4 is 10.4 Å². The monoisotopic (exact) mass is 621 g/mol. The third-order valence-electron chi connectivity index (χ3n) is 9.75. The molecule has 0 fully saturated rings. The third-order valence-corrected chi connectivity index (χ3v) is 9.75. The van der Waals surface area contributed by atoms with Crippen LogP contribution in [-0.4, -0.2) is 0 Å². The molecule has 0 aromatic heterocycles. The van der Waals surface area contributed by atoms with E-state index < -0.39 is 0 Å². The van der Waals surface area contributed by atoms with Crippen molar-refractivity contribution in [3.63, 3.8) is 0 Å². The molecule has 0 heteroatoms. The fourth-order valence-corrected chi connectivity index (χ4v) is 7.70. The molecule has 0 aliphatic heterocycles. The molecule has 0 spiro atoms. The summed E-state index contributed by atoms with van der Waals surface area (Å²) in [7, 11) is 0. The van der Waals surface area contributed by atoms with Crippen LogP contribution in [0.15, 0.2) is 188 Å². The zero-order chi connectivity index (χ0) is 32.6. The molecule has 0 saturated heterocycles. The van der Waals surface area contributed by atoms with Gasteiger partial charge in [-0.3, -0.25) is 0 Å². The van der Waals surface area contributed by atoms with Crippen molar-refractivity contribution in [2.75, 3.05) is 0 Å². The number of benzene rings is 7. The minimum absolute atomic E-state index is 0.874. The molecule has 0 nitrogen and oxygen atoms in total. The molecule has 7 aromatic carbocycles. The van der Waals surface area contributed by atoms with Gasteiger partial charge in [0.25, 0.3) is 0 Å². The Labute approximate surface area is 287 Å². The minimum atomic E-state index is 0.874. The molecule has 0 heterocycles. The molecule has 0 unspecified atom stereocenters. The molecular formula is C49H33. The molecule has 0 saturated carbocycles. The molecule has 49 heavy (non-hydrogen) atoms. The number of hydrogen-bond donors (Lipinski definition) is 0. The van der Waals surface area contributed by atoms with E-state index >= 15 is 0 Å². The number of hydrogen-bond acceptors (Lipinski definition) is 0. The quantitative estimate of drug-likeness (QED) is 0.173. The van der Waals surface area contributed by atoms with Crippen LogP contribution in [-0.2, 0) is 0 Å². The van der Waals surface area contributed by atoms with Gasteiger partial charge in [-0.05, 0) is 100 Å². The highest BCUT2D eigenvalue weighted by molar-refractivity contribution is 5.97. The Morgan fingerprint density at radius 3 is 1.53 bits per heavy atom. The fraction of sp³-hybridized carbons (Fsp3) is 0.0204. The second-order valence-electron chi connectivity index (χ2n) is 12.6. The molecule has 0 N–H and O–H groups in total. The average Bonchev–Trinajstić information content (AvgIpc) is 3.85. The molecule has 1 radical (unpaired) electrons. The maximum Gasteiger partial charge on any atom is -0.000105 e. The molecule has 229 valence electrons. The van der Waals surface area contributed by atoms with E-state index in [9.17, 15) is 0 Å². The lowest BCUT2D eigenvalue weighted by molar-refractivity contribution is 1.35. The number of fused-ring (bicyclic) bond motifs is 2. The summed E-state index contributed by atoms with van der Waals surface area (Å²) in [5.74, 6) is 0. The Morgan fingerprint density at radius 1 is 0.449 bits per heavy atom. The zero-order valence-electron chi connectivity index (χ0n) is 27.1. The SMILES string of the molecule is [C]1=c2cccc(-c3ccccc3)c2=c2c1c(C1=CC=CC1)c(=C(c1ccccc1)c1ccccc1)c(-c1ccccc1)c2-c1ccccc1. The first-order valence-electron chi connectivity index (χ1n) is 17.0. The van der Waals surface area contributed by atoms with Gasteiger partial charge in [0.05, 0.1) is 0 Å². The van der Waals surface area contributed by atoms with Gasteiger partial charge in [-0.25, -0.2) is 0 Å². The summed E-state index contributed by atoms with van der Waals surface area (Å²) < 4.78 is 0. The smallest absolute Gasteiger partial charge is 0.000105 e. The molecule has 2 aliphatic rings. The summed E-state index contributed by atoms with van der Waals surface area (Å²) in [6.45, 7) is 0. The molecule has 7 aromatic rings. The van der Waals surface area contributed by atoms with Crippen molar-refractivity contribution in [3.8, 4) is 33.4 Å². The maximum atomic E-state index is 4.04. The van der Waals surface area contributed by atoms with Crippen LogP contribution in [0.2, 0.25) is 0 Å².